The van der Waals surface area contributed by atoms with Gasteiger partial charge in [0.1, 0.15) is 5.82 Å². The first kappa shape index (κ1) is 16.6. The summed E-state index contributed by atoms with van der Waals surface area (Å²) in [4.78, 5) is 0.863. The third kappa shape index (κ3) is 3.32. The van der Waals surface area contributed by atoms with E-state index in [1.54, 1.807) is 19.1 Å². The summed E-state index contributed by atoms with van der Waals surface area (Å²) in [6, 6.07) is 9.27. The van der Waals surface area contributed by atoms with Crippen molar-refractivity contribution >= 4 is 23.4 Å². The molecule has 6 heteroatoms. The van der Waals surface area contributed by atoms with Gasteiger partial charge in [0.2, 0.25) is 0 Å². The van der Waals surface area contributed by atoms with Gasteiger partial charge in [-0.15, -0.1) is 11.8 Å². The third-order valence-electron chi connectivity index (χ3n) is 3.88. The minimum Gasteiger partial charge on any atom is -0.490 e. The molecule has 1 aliphatic heterocycles. The molecule has 1 N–H and O–H groups in total. The second-order valence-corrected chi connectivity index (χ2v) is 7.13. The van der Waals surface area contributed by atoms with Crippen LogP contribution in [0.3, 0.4) is 0 Å². The van der Waals surface area contributed by atoms with Gasteiger partial charge < -0.3 is 9.84 Å². The molecule has 0 aliphatic carbocycles. The Balaban J connectivity index is 2.03. The fourth-order valence-corrected chi connectivity index (χ4v) is 4.17. The van der Waals surface area contributed by atoms with E-state index in [4.69, 9.17) is 16.3 Å². The first-order chi connectivity index (χ1) is 11.0. The summed E-state index contributed by atoms with van der Waals surface area (Å²) in [7, 11) is 0. The second kappa shape index (κ2) is 6.67. The molecule has 2 aromatic rings. The first-order valence-corrected chi connectivity index (χ1v) is 8.44. The second-order valence-electron chi connectivity index (χ2n) is 5.48. The van der Waals surface area contributed by atoms with E-state index in [-0.39, 0.29) is 23.8 Å². The first-order valence-electron chi connectivity index (χ1n) is 7.18. The van der Waals surface area contributed by atoms with E-state index >= 15 is 0 Å². The number of aliphatic hydroxyl groups excluding tert-OH is 1. The van der Waals surface area contributed by atoms with Crippen molar-refractivity contribution in [2.24, 2.45) is 5.92 Å². The van der Waals surface area contributed by atoms with Gasteiger partial charge in [0.05, 0.1) is 12.7 Å². The summed E-state index contributed by atoms with van der Waals surface area (Å²) < 4.78 is 33.7. The predicted octanol–water partition coefficient (Wildman–Crippen LogP) is 4.84. The molecule has 2 nitrogen and oxygen atoms in total. The zero-order valence-corrected chi connectivity index (χ0v) is 13.9. The molecular formula is C17H15ClF2O2S. The molecular weight excluding hydrogens is 342 g/mol. The van der Waals surface area contributed by atoms with Crippen LogP contribution in [0.15, 0.2) is 41.3 Å². The third-order valence-corrected chi connectivity index (χ3v) is 5.52. The van der Waals surface area contributed by atoms with Crippen molar-refractivity contribution in [3.8, 4) is 5.75 Å². The van der Waals surface area contributed by atoms with Crippen LogP contribution < -0.4 is 4.74 Å². The Hall–Kier alpha value is -1.30. The van der Waals surface area contributed by atoms with Crippen LogP contribution in [-0.2, 0) is 0 Å². The quantitative estimate of drug-likeness (QED) is 0.853. The molecule has 3 rings (SSSR count). The average molecular weight is 357 g/mol. The Morgan fingerprint density at radius 3 is 2.48 bits per heavy atom. The molecule has 0 bridgehead atoms. The van der Waals surface area contributed by atoms with Crippen molar-refractivity contribution in [2.45, 2.75) is 23.2 Å². The van der Waals surface area contributed by atoms with Crippen molar-refractivity contribution in [1.29, 1.82) is 0 Å². The van der Waals surface area contributed by atoms with Crippen molar-refractivity contribution in [3.05, 3.63) is 58.6 Å². The molecule has 1 aliphatic rings. The Labute approximate surface area is 142 Å². The highest BCUT2D eigenvalue weighted by atomic mass is 35.5. The van der Waals surface area contributed by atoms with Crippen molar-refractivity contribution < 1.29 is 18.6 Å². The standard InChI is InChI=1S/C17H15ClF2O2S/c1-9(21)12-8-22-16-14(20)7-6-13(19)15(16)17(12)23-11-4-2-10(18)3-5-11/h2-7,9,12,17,21H,8H2,1H3/t9-,12-,17-/m1/s1. The van der Waals surface area contributed by atoms with E-state index in [0.717, 1.165) is 17.0 Å². The number of ether oxygens (including phenoxy) is 1. The van der Waals surface area contributed by atoms with Gasteiger partial charge in [0, 0.05) is 26.6 Å². The van der Waals surface area contributed by atoms with Crippen molar-refractivity contribution in [3.63, 3.8) is 0 Å². The van der Waals surface area contributed by atoms with Gasteiger partial charge in [-0.05, 0) is 43.3 Å². The Kier molecular flexibility index (Phi) is 4.80. The maximum atomic E-state index is 14.3. The minimum absolute atomic E-state index is 0.0617. The number of benzene rings is 2. The van der Waals surface area contributed by atoms with Crippen LogP contribution in [0, 0.1) is 17.6 Å². The molecule has 3 atom stereocenters. The summed E-state index contributed by atoms with van der Waals surface area (Å²) in [5.41, 5.74) is 0.169. The summed E-state index contributed by atoms with van der Waals surface area (Å²) in [5.74, 6) is -1.53. The van der Waals surface area contributed by atoms with Gasteiger partial charge in [-0.1, -0.05) is 11.6 Å². The largest absolute Gasteiger partial charge is 0.490 e. The zero-order valence-electron chi connectivity index (χ0n) is 12.3. The lowest BCUT2D eigenvalue weighted by Crippen LogP contribution is -2.33. The van der Waals surface area contributed by atoms with E-state index in [1.807, 2.05) is 12.1 Å². The van der Waals surface area contributed by atoms with Gasteiger partial charge in [-0.3, -0.25) is 0 Å². The number of fused-ring (bicyclic) bond motifs is 1. The fourth-order valence-electron chi connectivity index (χ4n) is 2.64. The van der Waals surface area contributed by atoms with Gasteiger partial charge >= 0.3 is 0 Å². The molecule has 0 fully saturated rings. The van der Waals surface area contributed by atoms with Gasteiger partial charge in [0.15, 0.2) is 11.6 Å². The summed E-state index contributed by atoms with van der Waals surface area (Å²) in [5, 5.41) is 10.2. The Bertz CT molecular complexity index is 706. The summed E-state index contributed by atoms with van der Waals surface area (Å²) in [6.07, 6.45) is -0.712. The van der Waals surface area contributed by atoms with E-state index in [1.165, 1.54) is 11.8 Å². The molecule has 2 aromatic carbocycles. The molecule has 0 saturated carbocycles. The predicted molar refractivity (Wildman–Crippen MR) is 87.1 cm³/mol. The van der Waals surface area contributed by atoms with E-state index < -0.39 is 23.0 Å². The molecule has 0 aromatic heterocycles. The highest BCUT2D eigenvalue weighted by Gasteiger charge is 2.38. The number of thioether (sulfide) groups is 1. The van der Waals surface area contributed by atoms with Crippen molar-refractivity contribution in [1.82, 2.24) is 0 Å². The van der Waals surface area contributed by atoms with Crippen LogP contribution in [0.4, 0.5) is 8.78 Å². The van der Waals surface area contributed by atoms with Crippen LogP contribution in [0.5, 0.6) is 5.75 Å². The number of aliphatic hydroxyl groups is 1. The highest BCUT2D eigenvalue weighted by Crippen LogP contribution is 2.50. The average Bonchev–Trinajstić information content (AvgIpc) is 2.53. The molecule has 122 valence electrons. The normalized spacial score (nSPS) is 21.4. The molecule has 0 unspecified atom stereocenters. The molecule has 1 heterocycles. The van der Waals surface area contributed by atoms with E-state index in [9.17, 15) is 13.9 Å². The lowest BCUT2D eigenvalue weighted by Gasteiger charge is -2.35. The number of hydrogen-bond acceptors (Lipinski definition) is 3. The van der Waals surface area contributed by atoms with E-state index in [0.29, 0.717) is 5.02 Å². The fraction of sp³-hybridized carbons (Fsp3) is 0.294. The van der Waals surface area contributed by atoms with Crippen LogP contribution in [0.2, 0.25) is 5.02 Å². The van der Waals surface area contributed by atoms with Crippen LogP contribution >= 0.6 is 23.4 Å². The monoisotopic (exact) mass is 356 g/mol. The van der Waals surface area contributed by atoms with Crippen LogP contribution in [-0.4, -0.2) is 17.8 Å². The number of rotatable bonds is 3. The summed E-state index contributed by atoms with van der Waals surface area (Å²) in [6.45, 7) is 1.77. The van der Waals surface area contributed by atoms with E-state index in [2.05, 4.69) is 0 Å². The van der Waals surface area contributed by atoms with Gasteiger partial charge in [-0.2, -0.15) is 0 Å². The highest BCUT2D eigenvalue weighted by molar-refractivity contribution is 7.99. The maximum absolute atomic E-state index is 14.3. The SMILES string of the molecule is C[C@@H](O)[C@H]1COc2c(F)ccc(F)c2[C@@H]1Sc1ccc(Cl)cc1. The Morgan fingerprint density at radius 1 is 1.17 bits per heavy atom. The lowest BCUT2D eigenvalue weighted by atomic mass is 9.91. The van der Waals surface area contributed by atoms with Crippen molar-refractivity contribution in [2.75, 3.05) is 6.61 Å². The molecule has 0 amide bonds. The van der Waals surface area contributed by atoms with Crippen LogP contribution in [0.1, 0.15) is 17.7 Å². The molecule has 0 radical (unpaired) electrons. The zero-order chi connectivity index (χ0) is 16.6. The van der Waals surface area contributed by atoms with Crippen LogP contribution in [0.25, 0.3) is 0 Å². The smallest absolute Gasteiger partial charge is 0.165 e. The van der Waals surface area contributed by atoms with Gasteiger partial charge in [0.25, 0.3) is 0 Å². The Morgan fingerprint density at radius 2 is 1.83 bits per heavy atom. The number of hydrogen-bond donors (Lipinski definition) is 1. The van der Waals surface area contributed by atoms with Gasteiger partial charge in [-0.25, -0.2) is 8.78 Å². The minimum atomic E-state index is -0.712. The molecule has 23 heavy (non-hydrogen) atoms. The summed E-state index contributed by atoms with van der Waals surface area (Å²) >= 11 is 7.25. The topological polar surface area (TPSA) is 29.5 Å². The maximum Gasteiger partial charge on any atom is 0.165 e. The number of halogens is 3. The molecule has 0 spiro atoms. The lowest BCUT2D eigenvalue weighted by molar-refractivity contribution is 0.0732. The molecule has 0 saturated heterocycles.